The standard InChI is InChI=1S/C12H27N3O.HI/c1-5-7-8-15(4)12(13-6-2)14-9-11(3)10-16;/h11,16H,5-10H2,1-4H3,(H,13,14);1H. The molecule has 0 aliphatic carbocycles. The molecule has 0 aromatic carbocycles. The van der Waals surface area contributed by atoms with Gasteiger partial charge < -0.3 is 15.3 Å². The summed E-state index contributed by atoms with van der Waals surface area (Å²) in [7, 11) is 2.06. The smallest absolute Gasteiger partial charge is 0.193 e. The van der Waals surface area contributed by atoms with E-state index in [-0.39, 0.29) is 36.5 Å². The second-order valence-corrected chi connectivity index (χ2v) is 4.26. The van der Waals surface area contributed by atoms with Crippen molar-refractivity contribution in [1.29, 1.82) is 0 Å². The van der Waals surface area contributed by atoms with Crippen molar-refractivity contribution >= 4 is 29.9 Å². The highest BCUT2D eigenvalue weighted by Crippen LogP contribution is 1.97. The fourth-order valence-corrected chi connectivity index (χ4v) is 1.27. The van der Waals surface area contributed by atoms with Gasteiger partial charge in [0.25, 0.3) is 0 Å². The Morgan fingerprint density at radius 1 is 1.41 bits per heavy atom. The normalized spacial score (nSPS) is 12.9. The highest BCUT2D eigenvalue weighted by atomic mass is 127. The fourth-order valence-electron chi connectivity index (χ4n) is 1.27. The molecule has 0 saturated heterocycles. The second-order valence-electron chi connectivity index (χ2n) is 4.26. The number of nitrogens with zero attached hydrogens (tertiary/aromatic N) is 2. The largest absolute Gasteiger partial charge is 0.396 e. The first-order chi connectivity index (χ1) is 7.65. The van der Waals surface area contributed by atoms with Crippen LogP contribution in [0.1, 0.15) is 33.6 Å². The molecule has 0 radical (unpaired) electrons. The molecular formula is C12H28IN3O. The van der Waals surface area contributed by atoms with Crippen LogP contribution < -0.4 is 5.32 Å². The molecule has 0 saturated carbocycles. The number of hydrogen-bond acceptors (Lipinski definition) is 2. The number of halogens is 1. The molecule has 0 amide bonds. The Morgan fingerprint density at radius 2 is 2.06 bits per heavy atom. The molecule has 0 heterocycles. The van der Waals surface area contributed by atoms with E-state index in [9.17, 15) is 0 Å². The molecule has 4 nitrogen and oxygen atoms in total. The van der Waals surface area contributed by atoms with Crippen LogP contribution in [0.3, 0.4) is 0 Å². The van der Waals surface area contributed by atoms with Gasteiger partial charge in [0.15, 0.2) is 5.96 Å². The third kappa shape index (κ3) is 9.64. The number of unbranched alkanes of at least 4 members (excludes halogenated alkanes) is 1. The molecule has 0 bridgehead atoms. The first kappa shape index (κ1) is 19.3. The highest BCUT2D eigenvalue weighted by molar-refractivity contribution is 14.0. The molecule has 0 rings (SSSR count). The average Bonchev–Trinajstić information content (AvgIpc) is 2.30. The van der Waals surface area contributed by atoms with Gasteiger partial charge in [-0.25, -0.2) is 0 Å². The first-order valence-corrected chi connectivity index (χ1v) is 6.25. The number of guanidine groups is 1. The quantitative estimate of drug-likeness (QED) is 0.416. The monoisotopic (exact) mass is 357 g/mol. The summed E-state index contributed by atoms with van der Waals surface area (Å²) in [6.45, 7) is 9.03. The summed E-state index contributed by atoms with van der Waals surface area (Å²) in [6.07, 6.45) is 2.37. The van der Waals surface area contributed by atoms with E-state index in [1.807, 2.05) is 6.92 Å². The molecule has 0 aliphatic rings. The van der Waals surface area contributed by atoms with Crippen LogP contribution >= 0.6 is 24.0 Å². The van der Waals surface area contributed by atoms with Gasteiger partial charge in [0, 0.05) is 33.3 Å². The van der Waals surface area contributed by atoms with Crippen molar-refractivity contribution in [2.45, 2.75) is 33.6 Å². The van der Waals surface area contributed by atoms with Crippen LogP contribution in [0.15, 0.2) is 4.99 Å². The number of rotatable bonds is 7. The topological polar surface area (TPSA) is 47.9 Å². The van der Waals surface area contributed by atoms with Crippen LogP contribution in [-0.2, 0) is 0 Å². The molecule has 104 valence electrons. The second kappa shape index (κ2) is 12.4. The van der Waals surface area contributed by atoms with E-state index in [1.54, 1.807) is 0 Å². The number of nitrogens with one attached hydrogen (secondary N) is 1. The number of aliphatic imine (C=N–C) groups is 1. The molecule has 0 spiro atoms. The zero-order chi connectivity index (χ0) is 12.4. The Balaban J connectivity index is 0. The van der Waals surface area contributed by atoms with E-state index < -0.39 is 0 Å². The lowest BCUT2D eigenvalue weighted by atomic mass is 10.2. The van der Waals surface area contributed by atoms with Gasteiger partial charge in [-0.3, -0.25) is 4.99 Å². The summed E-state index contributed by atoms with van der Waals surface area (Å²) in [5.41, 5.74) is 0. The Bertz CT molecular complexity index is 200. The van der Waals surface area contributed by atoms with E-state index in [0.29, 0.717) is 6.54 Å². The molecule has 5 heteroatoms. The maximum Gasteiger partial charge on any atom is 0.193 e. The lowest BCUT2D eigenvalue weighted by molar-refractivity contribution is 0.241. The highest BCUT2D eigenvalue weighted by Gasteiger charge is 2.05. The molecule has 17 heavy (non-hydrogen) atoms. The van der Waals surface area contributed by atoms with Crippen molar-refractivity contribution < 1.29 is 5.11 Å². The summed E-state index contributed by atoms with van der Waals surface area (Å²) in [5.74, 6) is 1.17. The van der Waals surface area contributed by atoms with Crippen LogP contribution in [0.4, 0.5) is 0 Å². The lowest BCUT2D eigenvalue weighted by Gasteiger charge is -2.22. The molecule has 0 fully saturated rings. The van der Waals surface area contributed by atoms with Crippen LogP contribution in [0, 0.1) is 5.92 Å². The van der Waals surface area contributed by atoms with Gasteiger partial charge in [-0.15, -0.1) is 24.0 Å². The summed E-state index contributed by atoms with van der Waals surface area (Å²) in [5, 5.41) is 12.2. The van der Waals surface area contributed by atoms with Crippen molar-refractivity contribution in [3.05, 3.63) is 0 Å². The van der Waals surface area contributed by atoms with Crippen molar-refractivity contribution in [2.75, 3.05) is 33.3 Å². The van der Waals surface area contributed by atoms with Crippen LogP contribution in [0.5, 0.6) is 0 Å². The molecule has 1 atom stereocenters. The zero-order valence-corrected chi connectivity index (χ0v) is 13.9. The zero-order valence-electron chi connectivity index (χ0n) is 11.6. The van der Waals surface area contributed by atoms with E-state index in [1.165, 1.54) is 12.8 Å². The van der Waals surface area contributed by atoms with Gasteiger partial charge in [-0.2, -0.15) is 0 Å². The predicted octanol–water partition coefficient (Wildman–Crippen LogP) is 1.93. The Kier molecular flexibility index (Phi) is 14.1. The van der Waals surface area contributed by atoms with Crippen molar-refractivity contribution in [3.8, 4) is 0 Å². The average molecular weight is 357 g/mol. The summed E-state index contributed by atoms with van der Waals surface area (Å²) in [6, 6.07) is 0. The predicted molar refractivity (Wildman–Crippen MR) is 85.2 cm³/mol. The molecule has 0 aliphatic heterocycles. The maximum absolute atomic E-state index is 8.95. The van der Waals surface area contributed by atoms with Gasteiger partial charge in [-0.05, 0) is 19.3 Å². The van der Waals surface area contributed by atoms with Crippen LogP contribution in [0.2, 0.25) is 0 Å². The van der Waals surface area contributed by atoms with Gasteiger partial charge in [0.2, 0.25) is 0 Å². The third-order valence-corrected chi connectivity index (χ3v) is 2.41. The molecule has 0 aromatic heterocycles. The van der Waals surface area contributed by atoms with E-state index in [2.05, 4.69) is 36.1 Å². The van der Waals surface area contributed by atoms with Crippen LogP contribution in [-0.4, -0.2) is 49.3 Å². The minimum Gasteiger partial charge on any atom is -0.396 e. The van der Waals surface area contributed by atoms with Crippen molar-refractivity contribution in [3.63, 3.8) is 0 Å². The number of hydrogen-bond donors (Lipinski definition) is 2. The van der Waals surface area contributed by atoms with Gasteiger partial charge in [0.05, 0.1) is 0 Å². The molecule has 0 aromatic rings. The number of aliphatic hydroxyl groups is 1. The summed E-state index contributed by atoms with van der Waals surface area (Å²) >= 11 is 0. The Hall–Kier alpha value is -0.0400. The van der Waals surface area contributed by atoms with Crippen molar-refractivity contribution in [1.82, 2.24) is 10.2 Å². The lowest BCUT2D eigenvalue weighted by Crippen LogP contribution is -2.39. The SMILES string of the molecule is CCCCN(C)C(=NCC(C)CO)NCC.I. The molecule has 2 N–H and O–H groups in total. The summed E-state index contributed by atoms with van der Waals surface area (Å²) < 4.78 is 0. The Morgan fingerprint density at radius 3 is 2.53 bits per heavy atom. The minimum absolute atomic E-state index is 0. The van der Waals surface area contributed by atoms with Gasteiger partial charge >= 0.3 is 0 Å². The summed E-state index contributed by atoms with van der Waals surface area (Å²) in [4.78, 5) is 6.66. The first-order valence-electron chi connectivity index (χ1n) is 6.25. The van der Waals surface area contributed by atoms with E-state index >= 15 is 0 Å². The van der Waals surface area contributed by atoms with Gasteiger partial charge in [-0.1, -0.05) is 20.3 Å². The third-order valence-electron chi connectivity index (χ3n) is 2.41. The van der Waals surface area contributed by atoms with Gasteiger partial charge in [0.1, 0.15) is 0 Å². The maximum atomic E-state index is 8.95. The number of aliphatic hydroxyl groups excluding tert-OH is 1. The van der Waals surface area contributed by atoms with E-state index in [4.69, 9.17) is 5.11 Å². The van der Waals surface area contributed by atoms with Crippen molar-refractivity contribution in [2.24, 2.45) is 10.9 Å². The minimum atomic E-state index is 0. The molecule has 1 unspecified atom stereocenters. The van der Waals surface area contributed by atoms with E-state index in [0.717, 1.165) is 19.0 Å². The molecular weight excluding hydrogens is 329 g/mol. The van der Waals surface area contributed by atoms with Crippen LogP contribution in [0.25, 0.3) is 0 Å². The Labute approximate surface area is 123 Å². The fraction of sp³-hybridized carbons (Fsp3) is 0.917.